The van der Waals surface area contributed by atoms with Gasteiger partial charge in [0.2, 0.25) is 0 Å². The quantitative estimate of drug-likeness (QED) is 0.248. The van der Waals surface area contributed by atoms with E-state index in [0.717, 1.165) is 38.6 Å². The first-order chi connectivity index (χ1) is 14.8. The van der Waals surface area contributed by atoms with E-state index in [0.29, 0.717) is 12.2 Å². The largest absolute Gasteiger partial charge is 0.462 e. The van der Waals surface area contributed by atoms with E-state index in [1.54, 1.807) is 24.3 Å². The highest BCUT2D eigenvalue weighted by molar-refractivity contribution is 7.13. The van der Waals surface area contributed by atoms with Crippen molar-refractivity contribution in [1.82, 2.24) is 4.98 Å². The summed E-state index contributed by atoms with van der Waals surface area (Å²) in [6.45, 7) is 8.63. The van der Waals surface area contributed by atoms with Crippen LogP contribution < -0.4 is 0 Å². The van der Waals surface area contributed by atoms with Crippen LogP contribution in [0, 0.1) is 0 Å². The van der Waals surface area contributed by atoms with Gasteiger partial charge in [-0.15, -0.1) is 11.3 Å². The molecule has 0 aliphatic rings. The molecule has 0 saturated carbocycles. The fraction of sp³-hybridized carbons (Fsp3) is 0.231. The van der Waals surface area contributed by atoms with Gasteiger partial charge in [-0.05, 0) is 42.3 Å². The summed E-state index contributed by atoms with van der Waals surface area (Å²) in [7, 11) is 0. The Morgan fingerprint density at radius 3 is 2.68 bits per heavy atom. The third kappa shape index (κ3) is 4.62. The zero-order valence-corrected chi connectivity index (χ0v) is 19.0. The van der Waals surface area contributed by atoms with Gasteiger partial charge in [0.25, 0.3) is 0 Å². The molecule has 0 aliphatic carbocycles. The van der Waals surface area contributed by atoms with Gasteiger partial charge in [0, 0.05) is 16.2 Å². The number of esters is 1. The summed E-state index contributed by atoms with van der Waals surface area (Å²) in [6.07, 6.45) is 3.93. The number of carbonyl (C=O) groups is 1. The Labute approximate surface area is 186 Å². The molecule has 5 heteroatoms. The highest BCUT2D eigenvalue weighted by atomic mass is 32.1. The second kappa shape index (κ2) is 8.52. The highest BCUT2D eigenvalue weighted by Crippen LogP contribution is 2.33. The fourth-order valence-electron chi connectivity index (χ4n) is 3.23. The normalized spacial score (nSPS) is 12.0. The van der Waals surface area contributed by atoms with Crippen molar-refractivity contribution in [3.8, 4) is 10.8 Å². The summed E-state index contributed by atoms with van der Waals surface area (Å²) in [4.78, 5) is 16.9. The first-order valence-corrected chi connectivity index (χ1v) is 11.2. The lowest BCUT2D eigenvalue weighted by Crippen LogP contribution is -2.11. The maximum absolute atomic E-state index is 12.2. The minimum absolute atomic E-state index is 0.0125. The molecule has 0 radical (unpaired) electrons. The molecule has 4 rings (SSSR count). The third-order valence-corrected chi connectivity index (χ3v) is 5.79. The minimum atomic E-state index is -0.309. The molecule has 0 spiro atoms. The number of ether oxygens (including phenoxy) is 1. The average molecular weight is 432 g/mol. The first kappa shape index (κ1) is 21.1. The molecular formula is C26H25NO3S. The zero-order valence-electron chi connectivity index (χ0n) is 18.1. The number of thiazole rings is 1. The standard InChI is InChI=1S/C26H25NO3S/c1-5-29-25(28)20-9-7-6-8-18(20)12-10-17-11-13-21-19(14-17)15-22(30-21)24-27-23(16-31-24)26(2,3)4/h6-16H,5H2,1-4H3. The molecule has 0 unspecified atom stereocenters. The molecule has 0 N–H and O–H groups in total. The van der Waals surface area contributed by atoms with Crippen molar-refractivity contribution in [3.05, 3.63) is 76.3 Å². The third-order valence-electron chi connectivity index (χ3n) is 4.94. The van der Waals surface area contributed by atoms with Crippen molar-refractivity contribution in [3.63, 3.8) is 0 Å². The van der Waals surface area contributed by atoms with Crippen LogP contribution in [0.3, 0.4) is 0 Å². The SMILES string of the molecule is CCOC(=O)c1ccccc1C=Cc1ccc2oc(-c3nc(C(C)(C)C)cs3)cc2c1. The zero-order chi connectivity index (χ0) is 22.0. The molecule has 31 heavy (non-hydrogen) atoms. The molecule has 0 saturated heterocycles. The minimum Gasteiger partial charge on any atom is -0.462 e. The number of aromatic nitrogens is 1. The van der Waals surface area contributed by atoms with Gasteiger partial charge in [0.05, 0.1) is 17.9 Å². The molecule has 4 nitrogen and oxygen atoms in total. The Kier molecular flexibility index (Phi) is 5.79. The Morgan fingerprint density at radius 2 is 1.94 bits per heavy atom. The van der Waals surface area contributed by atoms with Gasteiger partial charge in [-0.2, -0.15) is 0 Å². The molecule has 158 valence electrons. The van der Waals surface area contributed by atoms with Crippen molar-refractivity contribution in [2.24, 2.45) is 0 Å². The maximum Gasteiger partial charge on any atom is 0.338 e. The van der Waals surface area contributed by atoms with E-state index < -0.39 is 0 Å². The highest BCUT2D eigenvalue weighted by Gasteiger charge is 2.19. The smallest absolute Gasteiger partial charge is 0.338 e. The fourth-order valence-corrected chi connectivity index (χ4v) is 4.22. The van der Waals surface area contributed by atoms with Gasteiger partial charge in [0.15, 0.2) is 10.8 Å². The predicted molar refractivity (Wildman–Crippen MR) is 127 cm³/mol. The Bertz CT molecular complexity index is 1260. The van der Waals surface area contributed by atoms with Crippen LogP contribution in [0.25, 0.3) is 33.9 Å². The van der Waals surface area contributed by atoms with E-state index in [1.807, 2.05) is 48.6 Å². The Balaban J connectivity index is 1.61. The van der Waals surface area contributed by atoms with Crippen molar-refractivity contribution in [2.75, 3.05) is 6.61 Å². The molecular weight excluding hydrogens is 406 g/mol. The monoisotopic (exact) mass is 431 g/mol. The average Bonchev–Trinajstić information content (AvgIpc) is 3.39. The van der Waals surface area contributed by atoms with Gasteiger partial charge in [-0.1, -0.05) is 57.2 Å². The number of nitrogens with zero attached hydrogens (tertiary/aromatic N) is 1. The second-order valence-corrected chi connectivity index (χ2v) is 9.19. The van der Waals surface area contributed by atoms with Gasteiger partial charge >= 0.3 is 5.97 Å². The molecule has 0 atom stereocenters. The molecule has 0 fully saturated rings. The van der Waals surface area contributed by atoms with Crippen LogP contribution in [0.1, 0.15) is 54.9 Å². The van der Waals surface area contributed by atoms with E-state index >= 15 is 0 Å². The summed E-state index contributed by atoms with van der Waals surface area (Å²) in [5, 5.41) is 4.00. The van der Waals surface area contributed by atoms with Gasteiger partial charge in [-0.3, -0.25) is 0 Å². The first-order valence-electron chi connectivity index (χ1n) is 10.3. The lowest BCUT2D eigenvalue weighted by molar-refractivity contribution is 0.0526. The van der Waals surface area contributed by atoms with Crippen molar-refractivity contribution >= 4 is 40.4 Å². The lowest BCUT2D eigenvalue weighted by Gasteiger charge is -2.13. The van der Waals surface area contributed by atoms with Crippen molar-refractivity contribution < 1.29 is 13.9 Å². The predicted octanol–water partition coefficient (Wildman–Crippen LogP) is 7.20. The Hall–Kier alpha value is -3.18. The van der Waals surface area contributed by atoms with Crippen LogP contribution in [0.15, 0.2) is 58.3 Å². The molecule has 2 aromatic carbocycles. The molecule has 0 aliphatic heterocycles. The van der Waals surface area contributed by atoms with Crippen LogP contribution in [-0.2, 0) is 10.2 Å². The van der Waals surface area contributed by atoms with Crippen LogP contribution in [-0.4, -0.2) is 17.6 Å². The lowest BCUT2D eigenvalue weighted by atomic mass is 9.93. The van der Waals surface area contributed by atoms with Gasteiger partial charge < -0.3 is 9.15 Å². The number of fused-ring (bicyclic) bond motifs is 1. The van der Waals surface area contributed by atoms with Crippen molar-refractivity contribution in [1.29, 1.82) is 0 Å². The summed E-state index contributed by atoms with van der Waals surface area (Å²) < 4.78 is 11.2. The molecule has 0 amide bonds. The second-order valence-electron chi connectivity index (χ2n) is 8.34. The van der Waals surface area contributed by atoms with Gasteiger partial charge in [-0.25, -0.2) is 9.78 Å². The molecule has 4 aromatic rings. The molecule has 2 heterocycles. The number of furan rings is 1. The van der Waals surface area contributed by atoms with Gasteiger partial charge in [0.1, 0.15) is 5.58 Å². The number of benzene rings is 2. The summed E-state index contributed by atoms with van der Waals surface area (Å²) in [5.41, 5.74) is 4.31. The van der Waals surface area contributed by atoms with Crippen LogP contribution in [0.5, 0.6) is 0 Å². The van der Waals surface area contributed by atoms with Crippen LogP contribution in [0.4, 0.5) is 0 Å². The topological polar surface area (TPSA) is 52.3 Å². The Morgan fingerprint density at radius 1 is 1.13 bits per heavy atom. The number of hydrogen-bond donors (Lipinski definition) is 0. The van der Waals surface area contributed by atoms with E-state index in [2.05, 4.69) is 32.2 Å². The van der Waals surface area contributed by atoms with E-state index in [4.69, 9.17) is 14.1 Å². The number of carbonyl (C=O) groups excluding carboxylic acids is 1. The van der Waals surface area contributed by atoms with Crippen LogP contribution >= 0.6 is 11.3 Å². The number of hydrogen-bond acceptors (Lipinski definition) is 5. The van der Waals surface area contributed by atoms with Crippen molar-refractivity contribution in [2.45, 2.75) is 33.1 Å². The molecule has 2 aromatic heterocycles. The van der Waals surface area contributed by atoms with E-state index in [-0.39, 0.29) is 11.4 Å². The van der Waals surface area contributed by atoms with E-state index in [9.17, 15) is 4.79 Å². The van der Waals surface area contributed by atoms with E-state index in [1.165, 1.54) is 0 Å². The molecule has 0 bridgehead atoms. The summed E-state index contributed by atoms with van der Waals surface area (Å²) in [6, 6.07) is 15.5. The van der Waals surface area contributed by atoms with Crippen LogP contribution in [0.2, 0.25) is 0 Å². The summed E-state index contributed by atoms with van der Waals surface area (Å²) in [5.74, 6) is 0.472. The number of rotatable bonds is 5. The maximum atomic E-state index is 12.2. The summed E-state index contributed by atoms with van der Waals surface area (Å²) >= 11 is 1.60.